The van der Waals surface area contributed by atoms with E-state index in [9.17, 15) is 0 Å². The number of thioether (sulfide) groups is 2. The Bertz CT molecular complexity index is 359. The molecule has 2 fully saturated rings. The molecule has 0 aromatic carbocycles. The maximum absolute atomic E-state index is 5.36. The highest BCUT2D eigenvalue weighted by atomic mass is 32.2. The molecule has 2 unspecified atom stereocenters. The van der Waals surface area contributed by atoms with Crippen LogP contribution in [0.5, 0.6) is 0 Å². The minimum absolute atomic E-state index is 0.433. The Hall–Kier alpha value is -0.200. The van der Waals surface area contributed by atoms with Crippen LogP contribution in [0.25, 0.3) is 0 Å². The summed E-state index contributed by atoms with van der Waals surface area (Å²) < 4.78 is 5.36. The average Bonchev–Trinajstić information content (AvgIpc) is 3.02. The molecule has 0 spiro atoms. The molecule has 1 aromatic heterocycles. The van der Waals surface area contributed by atoms with Crippen molar-refractivity contribution in [3.8, 4) is 0 Å². The molecule has 0 bridgehead atoms. The highest BCUT2D eigenvalue weighted by Gasteiger charge is 2.23. The summed E-state index contributed by atoms with van der Waals surface area (Å²) in [6.45, 7) is 1.13. The maximum atomic E-state index is 5.36. The van der Waals surface area contributed by atoms with Crippen molar-refractivity contribution in [2.24, 2.45) is 0 Å². The van der Waals surface area contributed by atoms with E-state index < -0.39 is 0 Å². The highest BCUT2D eigenvalue weighted by Crippen LogP contribution is 2.35. The first-order valence-electron chi connectivity index (χ1n) is 6.17. The van der Waals surface area contributed by atoms with Gasteiger partial charge in [0.05, 0.1) is 5.25 Å². The lowest BCUT2D eigenvalue weighted by atomic mass is 10.1. The molecule has 1 aromatic rings. The van der Waals surface area contributed by atoms with Crippen LogP contribution in [0, 0.1) is 0 Å². The Morgan fingerprint density at radius 3 is 3.18 bits per heavy atom. The quantitative estimate of drug-likeness (QED) is 0.906. The zero-order chi connectivity index (χ0) is 11.5. The van der Waals surface area contributed by atoms with Crippen molar-refractivity contribution in [2.75, 3.05) is 23.8 Å². The molecule has 2 saturated heterocycles. The Balaban J connectivity index is 1.60. The van der Waals surface area contributed by atoms with Crippen molar-refractivity contribution >= 4 is 23.5 Å². The standard InChI is InChI=1S/C11H17N3OS2/c1-2-8(12-3-1)6-10-13-11(14-15-10)9-7-16-4-5-17-9/h8-9,12H,1-7H2. The van der Waals surface area contributed by atoms with E-state index in [1.165, 1.54) is 24.3 Å². The van der Waals surface area contributed by atoms with Gasteiger partial charge in [0, 0.05) is 29.7 Å². The van der Waals surface area contributed by atoms with E-state index in [1.807, 2.05) is 23.5 Å². The number of nitrogens with zero attached hydrogens (tertiary/aromatic N) is 2. The van der Waals surface area contributed by atoms with Gasteiger partial charge in [-0.25, -0.2) is 0 Å². The zero-order valence-corrected chi connectivity index (χ0v) is 11.4. The normalized spacial score (nSPS) is 29.6. The minimum Gasteiger partial charge on any atom is -0.339 e. The topological polar surface area (TPSA) is 51.0 Å². The lowest BCUT2D eigenvalue weighted by molar-refractivity contribution is 0.360. The smallest absolute Gasteiger partial charge is 0.228 e. The first-order chi connectivity index (χ1) is 8.42. The third-order valence-electron chi connectivity index (χ3n) is 3.17. The molecule has 4 nitrogen and oxygen atoms in total. The Labute approximate surface area is 110 Å². The first kappa shape index (κ1) is 11.9. The fourth-order valence-electron chi connectivity index (χ4n) is 2.26. The predicted molar refractivity (Wildman–Crippen MR) is 71.6 cm³/mol. The molecule has 0 saturated carbocycles. The summed E-state index contributed by atoms with van der Waals surface area (Å²) >= 11 is 3.94. The van der Waals surface area contributed by atoms with E-state index in [1.54, 1.807) is 0 Å². The van der Waals surface area contributed by atoms with Crippen molar-refractivity contribution in [1.82, 2.24) is 15.5 Å². The number of hydrogen-bond acceptors (Lipinski definition) is 6. The molecule has 2 aliphatic heterocycles. The van der Waals surface area contributed by atoms with E-state index in [0.717, 1.165) is 30.4 Å². The highest BCUT2D eigenvalue weighted by molar-refractivity contribution is 8.06. The van der Waals surface area contributed by atoms with E-state index in [2.05, 4.69) is 15.5 Å². The maximum Gasteiger partial charge on any atom is 0.228 e. The third-order valence-corrected chi connectivity index (χ3v) is 5.92. The molecule has 3 rings (SSSR count). The molecule has 0 radical (unpaired) electrons. The van der Waals surface area contributed by atoms with Gasteiger partial charge in [-0.05, 0) is 19.4 Å². The van der Waals surface area contributed by atoms with E-state index >= 15 is 0 Å². The molecular weight excluding hydrogens is 254 g/mol. The van der Waals surface area contributed by atoms with Gasteiger partial charge in [0.15, 0.2) is 5.82 Å². The third kappa shape index (κ3) is 2.98. The van der Waals surface area contributed by atoms with Crippen LogP contribution in [0.4, 0.5) is 0 Å². The van der Waals surface area contributed by atoms with Gasteiger partial charge in [-0.2, -0.15) is 16.7 Å². The fraction of sp³-hybridized carbons (Fsp3) is 0.818. The number of hydrogen-bond donors (Lipinski definition) is 1. The van der Waals surface area contributed by atoms with Crippen LogP contribution in [0.2, 0.25) is 0 Å². The summed E-state index contributed by atoms with van der Waals surface area (Å²) in [5.41, 5.74) is 0. The lowest BCUT2D eigenvalue weighted by Gasteiger charge is -2.17. The Morgan fingerprint density at radius 1 is 1.41 bits per heavy atom. The summed E-state index contributed by atoms with van der Waals surface area (Å²) in [5, 5.41) is 8.02. The van der Waals surface area contributed by atoms with Crippen molar-refractivity contribution in [3.05, 3.63) is 11.7 Å². The molecule has 6 heteroatoms. The molecule has 0 aliphatic carbocycles. The number of rotatable bonds is 3. The van der Waals surface area contributed by atoms with Crippen LogP contribution >= 0.6 is 23.5 Å². The number of aromatic nitrogens is 2. The van der Waals surface area contributed by atoms with Crippen LogP contribution in [0.1, 0.15) is 29.8 Å². The van der Waals surface area contributed by atoms with Gasteiger partial charge in [0.25, 0.3) is 0 Å². The molecule has 3 heterocycles. The number of nitrogens with one attached hydrogen (secondary N) is 1. The van der Waals surface area contributed by atoms with Crippen LogP contribution in [-0.4, -0.2) is 40.0 Å². The van der Waals surface area contributed by atoms with Gasteiger partial charge in [0.1, 0.15) is 0 Å². The van der Waals surface area contributed by atoms with Crippen molar-refractivity contribution in [2.45, 2.75) is 30.6 Å². The summed E-state index contributed by atoms with van der Waals surface area (Å²) in [4.78, 5) is 4.55. The second kappa shape index (κ2) is 5.63. The molecule has 94 valence electrons. The largest absolute Gasteiger partial charge is 0.339 e. The van der Waals surface area contributed by atoms with Crippen molar-refractivity contribution < 1.29 is 4.52 Å². The fourth-order valence-corrected chi connectivity index (χ4v) is 4.85. The van der Waals surface area contributed by atoms with E-state index in [-0.39, 0.29) is 0 Å². The van der Waals surface area contributed by atoms with Crippen LogP contribution in [0.15, 0.2) is 4.52 Å². The molecule has 1 N–H and O–H groups in total. The molecule has 0 amide bonds. The SMILES string of the molecule is C1CNC(Cc2nc(C3CSCCS3)no2)C1. The van der Waals surface area contributed by atoms with Gasteiger partial charge in [0.2, 0.25) is 5.89 Å². The summed E-state index contributed by atoms with van der Waals surface area (Å²) in [7, 11) is 0. The van der Waals surface area contributed by atoms with Gasteiger partial charge < -0.3 is 9.84 Å². The first-order valence-corrected chi connectivity index (χ1v) is 8.37. The summed E-state index contributed by atoms with van der Waals surface area (Å²) in [6, 6.07) is 0.539. The van der Waals surface area contributed by atoms with E-state index in [0.29, 0.717) is 11.3 Å². The van der Waals surface area contributed by atoms with E-state index in [4.69, 9.17) is 4.52 Å². The molecule has 2 aliphatic rings. The van der Waals surface area contributed by atoms with Gasteiger partial charge in [-0.1, -0.05) is 5.16 Å². The predicted octanol–water partition coefficient (Wildman–Crippen LogP) is 1.89. The monoisotopic (exact) mass is 271 g/mol. The molecular formula is C11H17N3OS2. The van der Waals surface area contributed by atoms with Gasteiger partial charge in [-0.3, -0.25) is 0 Å². The van der Waals surface area contributed by atoms with Crippen LogP contribution < -0.4 is 5.32 Å². The van der Waals surface area contributed by atoms with Crippen molar-refractivity contribution in [3.63, 3.8) is 0 Å². The summed E-state index contributed by atoms with van der Waals surface area (Å²) in [6.07, 6.45) is 3.38. The Kier molecular flexibility index (Phi) is 3.93. The summed E-state index contributed by atoms with van der Waals surface area (Å²) in [5.74, 6) is 5.26. The second-order valence-corrected chi connectivity index (χ2v) is 6.94. The van der Waals surface area contributed by atoms with Gasteiger partial charge >= 0.3 is 0 Å². The molecule has 2 atom stereocenters. The van der Waals surface area contributed by atoms with Crippen molar-refractivity contribution in [1.29, 1.82) is 0 Å². The van der Waals surface area contributed by atoms with Crippen LogP contribution in [0.3, 0.4) is 0 Å². The molecule has 17 heavy (non-hydrogen) atoms. The lowest BCUT2D eigenvalue weighted by Crippen LogP contribution is -2.23. The van der Waals surface area contributed by atoms with Gasteiger partial charge in [-0.15, -0.1) is 11.8 Å². The van der Waals surface area contributed by atoms with Crippen LogP contribution in [-0.2, 0) is 6.42 Å². The average molecular weight is 271 g/mol. The zero-order valence-electron chi connectivity index (χ0n) is 9.72. The minimum atomic E-state index is 0.433. The Morgan fingerprint density at radius 2 is 2.41 bits per heavy atom. The second-order valence-electron chi connectivity index (χ2n) is 4.48.